The summed E-state index contributed by atoms with van der Waals surface area (Å²) in [5.41, 5.74) is 11.3. The van der Waals surface area contributed by atoms with Crippen molar-refractivity contribution in [3.8, 4) is 67.5 Å². The van der Waals surface area contributed by atoms with Gasteiger partial charge in [0.25, 0.3) is 0 Å². The monoisotopic (exact) mass is 733 g/mol. The van der Waals surface area contributed by atoms with Gasteiger partial charge in [-0.15, -0.1) is 11.3 Å². The first kappa shape index (κ1) is 32.2. The molecular formula is C51H31N3OS. The lowest BCUT2D eigenvalue weighted by atomic mass is 9.89. The molecule has 5 heteroatoms. The lowest BCUT2D eigenvalue weighted by Crippen LogP contribution is -2.00. The minimum Gasteiger partial charge on any atom is -0.455 e. The molecule has 4 nitrogen and oxygen atoms in total. The number of rotatable bonds is 6. The molecule has 0 unspecified atom stereocenters. The van der Waals surface area contributed by atoms with Gasteiger partial charge in [0, 0.05) is 58.8 Å². The lowest BCUT2D eigenvalue weighted by molar-refractivity contribution is 0.670. The minimum absolute atomic E-state index is 0.621. The molecule has 0 spiro atoms. The largest absolute Gasteiger partial charge is 0.455 e. The quantitative estimate of drug-likeness (QED) is 0.171. The molecule has 3 heterocycles. The number of benzene rings is 8. The molecule has 0 aliphatic heterocycles. The molecule has 11 aromatic rings. The maximum absolute atomic E-state index is 6.94. The predicted molar refractivity (Wildman–Crippen MR) is 233 cm³/mol. The number of hydrogen-bond donors (Lipinski definition) is 0. The molecule has 0 saturated carbocycles. The second-order valence-electron chi connectivity index (χ2n) is 13.9. The van der Waals surface area contributed by atoms with Crippen molar-refractivity contribution in [2.24, 2.45) is 0 Å². The Hall–Kier alpha value is -7.21. The van der Waals surface area contributed by atoms with E-state index >= 15 is 0 Å². The van der Waals surface area contributed by atoms with E-state index in [0.29, 0.717) is 17.5 Å². The smallest absolute Gasteiger partial charge is 0.164 e. The number of para-hydroxylation sites is 1. The van der Waals surface area contributed by atoms with Gasteiger partial charge in [-0.3, -0.25) is 0 Å². The number of nitrogens with zero attached hydrogens (tertiary/aromatic N) is 3. The Labute approximate surface area is 327 Å². The summed E-state index contributed by atoms with van der Waals surface area (Å²) in [4.78, 5) is 14.9. The van der Waals surface area contributed by atoms with Crippen LogP contribution in [0.1, 0.15) is 0 Å². The van der Waals surface area contributed by atoms with Gasteiger partial charge in [-0.2, -0.15) is 0 Å². The Kier molecular flexibility index (Phi) is 7.64. The van der Waals surface area contributed by atoms with Gasteiger partial charge in [0.1, 0.15) is 11.2 Å². The first-order chi connectivity index (χ1) is 27.8. The molecule has 0 amide bonds. The van der Waals surface area contributed by atoms with Crippen LogP contribution in [-0.4, -0.2) is 15.0 Å². The molecule has 8 aromatic carbocycles. The molecule has 262 valence electrons. The van der Waals surface area contributed by atoms with Crippen LogP contribution < -0.4 is 0 Å². The Balaban J connectivity index is 1.11. The number of furan rings is 1. The Morgan fingerprint density at radius 1 is 0.357 bits per heavy atom. The highest BCUT2D eigenvalue weighted by atomic mass is 32.1. The Morgan fingerprint density at radius 2 is 0.911 bits per heavy atom. The van der Waals surface area contributed by atoms with Crippen LogP contribution in [0.3, 0.4) is 0 Å². The third-order valence-electron chi connectivity index (χ3n) is 10.6. The van der Waals surface area contributed by atoms with Crippen molar-refractivity contribution in [2.45, 2.75) is 0 Å². The molecule has 0 radical (unpaired) electrons. The summed E-state index contributed by atoms with van der Waals surface area (Å²) in [6, 6.07) is 65.5. The molecule has 0 bridgehead atoms. The van der Waals surface area contributed by atoms with Crippen molar-refractivity contribution >= 4 is 53.4 Å². The van der Waals surface area contributed by atoms with Crippen molar-refractivity contribution in [3.63, 3.8) is 0 Å². The molecule has 0 N–H and O–H groups in total. The van der Waals surface area contributed by atoms with E-state index in [-0.39, 0.29) is 0 Å². The molecule has 0 saturated heterocycles. The Bertz CT molecular complexity index is 3180. The van der Waals surface area contributed by atoms with Gasteiger partial charge in [-0.05, 0) is 46.5 Å². The van der Waals surface area contributed by atoms with E-state index in [9.17, 15) is 0 Å². The number of aromatic nitrogens is 3. The second kappa shape index (κ2) is 13.3. The Morgan fingerprint density at radius 3 is 1.64 bits per heavy atom. The summed E-state index contributed by atoms with van der Waals surface area (Å²) in [6.07, 6.45) is 0. The van der Waals surface area contributed by atoms with Gasteiger partial charge in [-0.25, -0.2) is 15.0 Å². The predicted octanol–water partition coefficient (Wildman–Crippen LogP) is 14.1. The molecule has 0 aliphatic rings. The van der Waals surface area contributed by atoms with E-state index in [2.05, 4.69) is 127 Å². The second-order valence-corrected chi connectivity index (χ2v) is 15.0. The zero-order valence-electron chi connectivity index (χ0n) is 30.1. The average Bonchev–Trinajstić information content (AvgIpc) is 3.86. The van der Waals surface area contributed by atoms with E-state index in [4.69, 9.17) is 19.4 Å². The summed E-state index contributed by atoms with van der Waals surface area (Å²) in [6.45, 7) is 0. The summed E-state index contributed by atoms with van der Waals surface area (Å²) in [5.74, 6) is 1.90. The minimum atomic E-state index is 0.621. The summed E-state index contributed by atoms with van der Waals surface area (Å²) in [7, 11) is 0. The number of hydrogen-bond acceptors (Lipinski definition) is 5. The topological polar surface area (TPSA) is 51.8 Å². The van der Waals surface area contributed by atoms with Crippen molar-refractivity contribution < 1.29 is 4.42 Å². The summed E-state index contributed by atoms with van der Waals surface area (Å²) < 4.78 is 9.48. The van der Waals surface area contributed by atoms with Crippen LogP contribution in [0.5, 0.6) is 0 Å². The van der Waals surface area contributed by atoms with Gasteiger partial charge in [-0.1, -0.05) is 164 Å². The SMILES string of the molecule is c1ccc(-c2nc(-c3ccccc3)nc(-c3cccc(-c4cccc5oc6c(-c7c(-c8ccccc8)ccc8sc9ccccc9c78)cccc6c45)c3)n2)cc1. The third kappa shape index (κ3) is 5.40. The lowest BCUT2D eigenvalue weighted by Gasteiger charge is -2.13. The fraction of sp³-hybridized carbons (Fsp3) is 0. The molecular weight excluding hydrogens is 703 g/mol. The average molecular weight is 734 g/mol. The maximum Gasteiger partial charge on any atom is 0.164 e. The van der Waals surface area contributed by atoms with E-state index in [1.54, 1.807) is 0 Å². The molecule has 0 aliphatic carbocycles. The standard InChI is InChI=1S/C51H31N3OS/c1-4-15-32(16-5-1)38-29-30-44-47(39-23-10-11-28-43(39)56-44)46(38)41-26-13-25-40-45-37(24-14-27-42(45)55-48(40)41)35-21-12-22-36(31-35)51-53-49(33-17-6-2-7-18-33)52-50(54-51)34-19-8-3-9-20-34/h1-31H. The highest BCUT2D eigenvalue weighted by Gasteiger charge is 2.22. The van der Waals surface area contributed by atoms with Crippen LogP contribution in [-0.2, 0) is 0 Å². The molecule has 11 rings (SSSR count). The van der Waals surface area contributed by atoms with Gasteiger partial charge in [0.15, 0.2) is 17.5 Å². The number of thiophene rings is 1. The first-order valence-corrected chi connectivity index (χ1v) is 19.5. The fourth-order valence-corrected chi connectivity index (χ4v) is 9.12. The zero-order valence-corrected chi connectivity index (χ0v) is 30.9. The van der Waals surface area contributed by atoms with Crippen molar-refractivity contribution in [3.05, 3.63) is 188 Å². The highest BCUT2D eigenvalue weighted by molar-refractivity contribution is 7.26. The third-order valence-corrected chi connectivity index (χ3v) is 11.7. The van der Waals surface area contributed by atoms with E-state index < -0.39 is 0 Å². The van der Waals surface area contributed by atoms with E-state index in [1.165, 1.54) is 36.9 Å². The normalized spacial score (nSPS) is 11.6. The van der Waals surface area contributed by atoms with Crippen LogP contribution in [0.4, 0.5) is 0 Å². The fourth-order valence-electron chi connectivity index (χ4n) is 8.00. The van der Waals surface area contributed by atoms with Crippen molar-refractivity contribution in [1.29, 1.82) is 0 Å². The number of fused-ring (bicyclic) bond motifs is 6. The van der Waals surface area contributed by atoms with Crippen LogP contribution >= 0.6 is 11.3 Å². The summed E-state index contributed by atoms with van der Waals surface area (Å²) in [5, 5.41) is 4.67. The van der Waals surface area contributed by atoms with E-state index in [0.717, 1.165) is 55.3 Å². The van der Waals surface area contributed by atoms with Gasteiger partial charge < -0.3 is 4.42 Å². The molecule has 3 aromatic heterocycles. The van der Waals surface area contributed by atoms with Gasteiger partial charge in [0.05, 0.1) is 0 Å². The summed E-state index contributed by atoms with van der Waals surface area (Å²) >= 11 is 1.84. The maximum atomic E-state index is 6.94. The van der Waals surface area contributed by atoms with Crippen molar-refractivity contribution in [1.82, 2.24) is 15.0 Å². The van der Waals surface area contributed by atoms with Crippen LogP contribution in [0.15, 0.2) is 192 Å². The van der Waals surface area contributed by atoms with Gasteiger partial charge >= 0.3 is 0 Å². The van der Waals surface area contributed by atoms with Crippen LogP contribution in [0, 0.1) is 0 Å². The van der Waals surface area contributed by atoms with Crippen LogP contribution in [0.2, 0.25) is 0 Å². The molecule has 56 heavy (non-hydrogen) atoms. The highest BCUT2D eigenvalue weighted by Crippen LogP contribution is 2.48. The van der Waals surface area contributed by atoms with E-state index in [1.807, 2.05) is 72.0 Å². The van der Waals surface area contributed by atoms with Gasteiger partial charge in [0.2, 0.25) is 0 Å². The first-order valence-electron chi connectivity index (χ1n) is 18.7. The molecule has 0 atom stereocenters. The molecule has 0 fully saturated rings. The van der Waals surface area contributed by atoms with Crippen LogP contribution in [0.25, 0.3) is 110 Å². The van der Waals surface area contributed by atoms with Crippen molar-refractivity contribution in [2.75, 3.05) is 0 Å². The zero-order chi connectivity index (χ0) is 37.0.